The maximum absolute atomic E-state index is 10.9. The van der Waals surface area contributed by atoms with Crippen molar-refractivity contribution in [3.63, 3.8) is 0 Å². The van der Waals surface area contributed by atoms with E-state index in [0.29, 0.717) is 0 Å². The number of hydrogen-bond acceptors (Lipinski definition) is 2. The molecule has 0 aliphatic rings. The van der Waals surface area contributed by atoms with Crippen LogP contribution in [-0.4, -0.2) is 13.0 Å². The Labute approximate surface area is 106 Å². The Morgan fingerprint density at radius 1 is 0.778 bits per heavy atom. The first-order valence-electron chi connectivity index (χ1n) is 5.36. The monoisotopic (exact) mass is 260 g/mol. The van der Waals surface area contributed by atoms with Gasteiger partial charge in [0.25, 0.3) is 10.1 Å². The minimum absolute atomic E-state index is 0.0978. The Bertz CT molecular complexity index is 641. The number of hydrogen-bond donors (Lipinski definition) is 1. The van der Waals surface area contributed by atoms with Crippen molar-refractivity contribution < 1.29 is 13.0 Å². The van der Waals surface area contributed by atoms with E-state index in [9.17, 15) is 8.42 Å². The summed E-state index contributed by atoms with van der Waals surface area (Å²) >= 11 is 0. The largest absolute Gasteiger partial charge is 0.294 e. The number of rotatable bonds is 3. The van der Waals surface area contributed by atoms with Crippen molar-refractivity contribution in [3.05, 3.63) is 65.7 Å². The zero-order valence-corrected chi connectivity index (χ0v) is 10.3. The lowest BCUT2D eigenvalue weighted by atomic mass is 10.1. The Morgan fingerprint density at radius 2 is 1.28 bits per heavy atom. The van der Waals surface area contributed by atoms with Crippen LogP contribution in [0.3, 0.4) is 0 Å². The van der Waals surface area contributed by atoms with E-state index in [0.717, 1.165) is 11.1 Å². The third kappa shape index (κ3) is 3.29. The molecular formula is C14H12O3S. The minimum atomic E-state index is -4.11. The zero-order chi connectivity index (χ0) is 13.0. The fraction of sp³-hybridized carbons (Fsp3) is 0. The average Bonchev–Trinajstić information content (AvgIpc) is 2.37. The topological polar surface area (TPSA) is 54.4 Å². The molecule has 0 radical (unpaired) electrons. The van der Waals surface area contributed by atoms with Crippen LogP contribution < -0.4 is 0 Å². The first kappa shape index (κ1) is 12.5. The highest BCUT2D eigenvalue weighted by atomic mass is 32.2. The molecule has 0 saturated carbocycles. The summed E-state index contributed by atoms with van der Waals surface area (Å²) in [5.74, 6) is 0. The highest BCUT2D eigenvalue weighted by Gasteiger charge is 2.07. The van der Waals surface area contributed by atoms with E-state index < -0.39 is 10.1 Å². The summed E-state index contributed by atoms with van der Waals surface area (Å²) in [6.45, 7) is 0. The lowest BCUT2D eigenvalue weighted by molar-refractivity contribution is 0.483. The summed E-state index contributed by atoms with van der Waals surface area (Å²) in [5.41, 5.74) is 1.93. The molecule has 92 valence electrons. The van der Waals surface area contributed by atoms with Crippen LogP contribution in [0.5, 0.6) is 0 Å². The van der Waals surface area contributed by atoms with Crippen molar-refractivity contribution in [3.8, 4) is 0 Å². The van der Waals surface area contributed by atoms with E-state index in [1.165, 1.54) is 12.1 Å². The van der Waals surface area contributed by atoms with E-state index in [-0.39, 0.29) is 4.90 Å². The molecule has 2 aromatic rings. The van der Waals surface area contributed by atoms with Crippen molar-refractivity contribution >= 4 is 22.3 Å². The third-order valence-corrected chi connectivity index (χ3v) is 3.31. The van der Waals surface area contributed by atoms with Gasteiger partial charge in [-0.1, -0.05) is 54.6 Å². The lowest BCUT2D eigenvalue weighted by Crippen LogP contribution is -1.97. The lowest BCUT2D eigenvalue weighted by Gasteiger charge is -1.98. The Morgan fingerprint density at radius 3 is 1.78 bits per heavy atom. The van der Waals surface area contributed by atoms with E-state index >= 15 is 0 Å². The summed E-state index contributed by atoms with van der Waals surface area (Å²) in [5, 5.41) is 0. The molecule has 2 rings (SSSR count). The van der Waals surface area contributed by atoms with Gasteiger partial charge in [0.2, 0.25) is 0 Å². The van der Waals surface area contributed by atoms with Crippen LogP contribution in [0.15, 0.2) is 59.5 Å². The fourth-order valence-electron chi connectivity index (χ4n) is 1.51. The van der Waals surface area contributed by atoms with Crippen LogP contribution in [0.4, 0.5) is 0 Å². The Kier molecular flexibility index (Phi) is 3.60. The van der Waals surface area contributed by atoms with E-state index in [1.54, 1.807) is 12.1 Å². The van der Waals surface area contributed by atoms with Crippen LogP contribution in [0, 0.1) is 0 Å². The van der Waals surface area contributed by atoms with Gasteiger partial charge in [-0.2, -0.15) is 8.42 Å². The minimum Gasteiger partial charge on any atom is -0.282 e. The SMILES string of the molecule is O=S(=O)(O)c1ccc(C=Cc2ccccc2)cc1. The van der Waals surface area contributed by atoms with Crippen molar-refractivity contribution in [2.45, 2.75) is 4.90 Å². The molecule has 3 nitrogen and oxygen atoms in total. The summed E-state index contributed by atoms with van der Waals surface area (Å²) in [6, 6.07) is 15.8. The highest BCUT2D eigenvalue weighted by Crippen LogP contribution is 2.12. The van der Waals surface area contributed by atoms with Crippen LogP contribution >= 0.6 is 0 Å². The average molecular weight is 260 g/mol. The van der Waals surface area contributed by atoms with Crippen LogP contribution in [-0.2, 0) is 10.1 Å². The van der Waals surface area contributed by atoms with Crippen molar-refractivity contribution in [2.24, 2.45) is 0 Å². The predicted octanol–water partition coefficient (Wildman–Crippen LogP) is 3.10. The molecule has 0 aliphatic heterocycles. The first-order chi connectivity index (χ1) is 8.55. The maximum atomic E-state index is 10.9. The van der Waals surface area contributed by atoms with Crippen molar-refractivity contribution in [1.29, 1.82) is 0 Å². The van der Waals surface area contributed by atoms with Gasteiger partial charge in [-0.25, -0.2) is 0 Å². The summed E-state index contributed by atoms with van der Waals surface area (Å²) < 4.78 is 30.6. The molecular weight excluding hydrogens is 248 g/mol. The second-order valence-corrected chi connectivity index (χ2v) is 5.21. The first-order valence-corrected chi connectivity index (χ1v) is 6.80. The molecule has 1 N–H and O–H groups in total. The van der Waals surface area contributed by atoms with Gasteiger partial charge < -0.3 is 0 Å². The summed E-state index contributed by atoms with van der Waals surface area (Å²) in [7, 11) is -4.11. The normalized spacial score (nSPS) is 11.8. The molecule has 0 unspecified atom stereocenters. The van der Waals surface area contributed by atoms with E-state index in [2.05, 4.69) is 0 Å². The van der Waals surface area contributed by atoms with Gasteiger partial charge in [0.05, 0.1) is 4.90 Å². The predicted molar refractivity (Wildman–Crippen MR) is 71.6 cm³/mol. The molecule has 0 spiro atoms. The molecule has 0 aromatic heterocycles. The standard InChI is InChI=1S/C14H12O3S/c15-18(16,17)14-10-8-13(9-11-14)7-6-12-4-2-1-3-5-12/h1-11H,(H,15,16,17). The van der Waals surface area contributed by atoms with Gasteiger partial charge in [-0.05, 0) is 23.3 Å². The second-order valence-electron chi connectivity index (χ2n) is 3.79. The molecule has 0 aliphatic carbocycles. The van der Waals surface area contributed by atoms with Crippen LogP contribution in [0.1, 0.15) is 11.1 Å². The molecule has 0 atom stereocenters. The fourth-order valence-corrected chi connectivity index (χ4v) is 1.99. The van der Waals surface area contributed by atoms with Crippen LogP contribution in [0.25, 0.3) is 12.2 Å². The number of benzene rings is 2. The molecule has 2 aromatic carbocycles. The van der Waals surface area contributed by atoms with E-state index in [1.807, 2.05) is 42.5 Å². The van der Waals surface area contributed by atoms with Crippen molar-refractivity contribution in [1.82, 2.24) is 0 Å². The summed E-state index contributed by atoms with van der Waals surface area (Å²) in [6.07, 6.45) is 3.81. The molecule has 0 bridgehead atoms. The molecule has 18 heavy (non-hydrogen) atoms. The second kappa shape index (κ2) is 5.16. The summed E-state index contributed by atoms with van der Waals surface area (Å²) in [4.78, 5) is -0.0978. The van der Waals surface area contributed by atoms with Gasteiger partial charge in [-0.15, -0.1) is 0 Å². The molecule has 0 fully saturated rings. The van der Waals surface area contributed by atoms with Gasteiger partial charge in [0.15, 0.2) is 0 Å². The Hall–Kier alpha value is -1.91. The Balaban J connectivity index is 2.19. The van der Waals surface area contributed by atoms with Crippen molar-refractivity contribution in [2.75, 3.05) is 0 Å². The zero-order valence-electron chi connectivity index (χ0n) is 9.52. The van der Waals surface area contributed by atoms with E-state index in [4.69, 9.17) is 4.55 Å². The maximum Gasteiger partial charge on any atom is 0.294 e. The van der Waals surface area contributed by atoms with Gasteiger partial charge >= 0.3 is 0 Å². The van der Waals surface area contributed by atoms with Gasteiger partial charge in [-0.3, -0.25) is 4.55 Å². The molecule has 0 saturated heterocycles. The van der Waals surface area contributed by atoms with Crippen LogP contribution in [0.2, 0.25) is 0 Å². The molecule has 0 heterocycles. The quantitative estimate of drug-likeness (QED) is 0.681. The third-order valence-electron chi connectivity index (χ3n) is 2.45. The van der Waals surface area contributed by atoms with Gasteiger partial charge in [0.1, 0.15) is 0 Å². The highest BCUT2D eigenvalue weighted by molar-refractivity contribution is 7.85. The smallest absolute Gasteiger partial charge is 0.282 e. The molecule has 4 heteroatoms. The molecule has 0 amide bonds. The van der Waals surface area contributed by atoms with Gasteiger partial charge in [0, 0.05) is 0 Å².